The first-order valence-corrected chi connectivity index (χ1v) is 6.99. The fourth-order valence-corrected chi connectivity index (χ4v) is 3.89. The number of pyridine rings is 1. The maximum absolute atomic E-state index is 5.48. The molecule has 0 aliphatic rings. The summed E-state index contributed by atoms with van der Waals surface area (Å²) in [5.74, 6) is 0. The van der Waals surface area contributed by atoms with E-state index < -0.39 is 8.80 Å². The van der Waals surface area contributed by atoms with Crippen molar-refractivity contribution in [2.75, 3.05) is 21.3 Å². The zero-order chi connectivity index (χ0) is 12.3. The molecule has 0 aliphatic heterocycles. The Kier molecular flexibility index (Phi) is 3.53. The number of hydrogen-bond acceptors (Lipinski definition) is 4. The van der Waals surface area contributed by atoms with E-state index in [1.54, 1.807) is 27.5 Å². The molecular weight excluding hydrogens is 234 g/mol. The fraction of sp³-hybridized carbons (Fsp3) is 0.250. The Morgan fingerprint density at radius 3 is 2.24 bits per heavy atom. The van der Waals surface area contributed by atoms with Gasteiger partial charge in [0.25, 0.3) is 0 Å². The molecule has 0 fully saturated rings. The minimum atomic E-state index is -2.82. The van der Waals surface area contributed by atoms with Gasteiger partial charge < -0.3 is 13.3 Å². The lowest BCUT2D eigenvalue weighted by molar-refractivity contribution is 0.140. The van der Waals surface area contributed by atoms with E-state index in [9.17, 15) is 0 Å². The van der Waals surface area contributed by atoms with Gasteiger partial charge in [0.05, 0.1) is 5.52 Å². The van der Waals surface area contributed by atoms with Crippen LogP contribution in [0.1, 0.15) is 0 Å². The van der Waals surface area contributed by atoms with Gasteiger partial charge in [-0.1, -0.05) is 24.3 Å². The Balaban J connectivity index is 2.69. The molecule has 0 spiro atoms. The van der Waals surface area contributed by atoms with E-state index in [1.165, 1.54) is 0 Å². The summed E-state index contributed by atoms with van der Waals surface area (Å²) < 4.78 is 16.5. The lowest BCUT2D eigenvalue weighted by Crippen LogP contribution is -2.55. The van der Waals surface area contributed by atoms with Crippen LogP contribution in [0.15, 0.2) is 36.5 Å². The number of rotatable bonds is 4. The first kappa shape index (κ1) is 12.2. The standard InChI is InChI=1S/C12H15NO3Si/c1-14-17(15-2,16-3)11-8-4-6-10-7-5-9-13-12(10)11/h4-9H,1-3H3. The molecule has 4 nitrogen and oxygen atoms in total. The normalized spacial score (nSPS) is 11.9. The molecule has 5 heteroatoms. The molecule has 0 amide bonds. The number of benzene rings is 1. The molecule has 17 heavy (non-hydrogen) atoms. The van der Waals surface area contributed by atoms with Crippen LogP contribution < -0.4 is 5.19 Å². The van der Waals surface area contributed by atoms with Gasteiger partial charge in [-0.05, 0) is 6.07 Å². The van der Waals surface area contributed by atoms with Gasteiger partial charge in [-0.15, -0.1) is 0 Å². The third kappa shape index (κ3) is 1.98. The van der Waals surface area contributed by atoms with E-state index in [1.807, 2.05) is 30.3 Å². The summed E-state index contributed by atoms with van der Waals surface area (Å²) >= 11 is 0. The molecule has 2 aromatic rings. The number of aromatic nitrogens is 1. The van der Waals surface area contributed by atoms with E-state index in [0.717, 1.165) is 16.1 Å². The van der Waals surface area contributed by atoms with Crippen molar-refractivity contribution in [1.29, 1.82) is 0 Å². The van der Waals surface area contributed by atoms with Gasteiger partial charge in [0.1, 0.15) is 0 Å². The SMILES string of the molecule is CO[Si](OC)(OC)c1cccc2cccnc12. The van der Waals surface area contributed by atoms with Crippen LogP contribution in [0, 0.1) is 0 Å². The average Bonchev–Trinajstić information content (AvgIpc) is 2.41. The van der Waals surface area contributed by atoms with Gasteiger partial charge in [0, 0.05) is 38.1 Å². The summed E-state index contributed by atoms with van der Waals surface area (Å²) in [6, 6.07) is 9.82. The van der Waals surface area contributed by atoms with Crippen LogP contribution in [-0.4, -0.2) is 35.1 Å². The van der Waals surface area contributed by atoms with E-state index >= 15 is 0 Å². The molecule has 0 unspecified atom stereocenters. The Bertz CT molecular complexity index is 500. The molecule has 0 atom stereocenters. The second kappa shape index (κ2) is 4.93. The highest BCUT2D eigenvalue weighted by molar-refractivity contribution is 6.77. The summed E-state index contributed by atoms with van der Waals surface area (Å²) in [5.41, 5.74) is 0.868. The monoisotopic (exact) mass is 249 g/mol. The van der Waals surface area contributed by atoms with Gasteiger partial charge in [-0.25, -0.2) is 0 Å². The van der Waals surface area contributed by atoms with Crippen LogP contribution >= 0.6 is 0 Å². The van der Waals surface area contributed by atoms with Crippen molar-refractivity contribution >= 4 is 24.9 Å². The highest BCUT2D eigenvalue weighted by atomic mass is 28.4. The maximum Gasteiger partial charge on any atom is 0.538 e. The van der Waals surface area contributed by atoms with E-state index in [2.05, 4.69) is 4.98 Å². The zero-order valence-electron chi connectivity index (χ0n) is 10.1. The second-order valence-electron chi connectivity index (χ2n) is 3.55. The largest absolute Gasteiger partial charge is 0.538 e. The van der Waals surface area contributed by atoms with Crippen LogP contribution in [-0.2, 0) is 13.3 Å². The maximum atomic E-state index is 5.48. The van der Waals surface area contributed by atoms with Crippen molar-refractivity contribution in [3.63, 3.8) is 0 Å². The van der Waals surface area contributed by atoms with E-state index in [-0.39, 0.29) is 0 Å². The van der Waals surface area contributed by atoms with Crippen LogP contribution in [0.25, 0.3) is 10.9 Å². The topological polar surface area (TPSA) is 40.6 Å². The van der Waals surface area contributed by atoms with Crippen molar-refractivity contribution in [1.82, 2.24) is 4.98 Å². The minimum absolute atomic E-state index is 0.868. The first-order chi connectivity index (χ1) is 8.27. The molecule has 0 aliphatic carbocycles. The number of fused-ring (bicyclic) bond motifs is 1. The van der Waals surface area contributed by atoms with E-state index in [0.29, 0.717) is 0 Å². The molecule has 90 valence electrons. The van der Waals surface area contributed by atoms with Crippen molar-refractivity contribution < 1.29 is 13.3 Å². The van der Waals surface area contributed by atoms with E-state index in [4.69, 9.17) is 13.3 Å². The number of hydrogen-bond donors (Lipinski definition) is 0. The van der Waals surface area contributed by atoms with Gasteiger partial charge in [0.2, 0.25) is 0 Å². The van der Waals surface area contributed by atoms with Crippen molar-refractivity contribution in [2.24, 2.45) is 0 Å². The molecule has 0 radical (unpaired) electrons. The van der Waals surface area contributed by atoms with Gasteiger partial charge in [-0.2, -0.15) is 0 Å². The number of para-hydroxylation sites is 1. The van der Waals surface area contributed by atoms with Crippen molar-refractivity contribution in [3.8, 4) is 0 Å². The highest BCUT2D eigenvalue weighted by Crippen LogP contribution is 2.14. The summed E-state index contributed by atoms with van der Waals surface area (Å²) in [7, 11) is 1.97. The molecule has 2 rings (SSSR count). The number of nitrogens with zero attached hydrogens (tertiary/aromatic N) is 1. The van der Waals surface area contributed by atoms with Crippen molar-refractivity contribution in [3.05, 3.63) is 36.5 Å². The fourth-order valence-electron chi connectivity index (χ4n) is 1.93. The lowest BCUT2D eigenvalue weighted by Gasteiger charge is -2.25. The van der Waals surface area contributed by atoms with Gasteiger partial charge in [-0.3, -0.25) is 4.98 Å². The Morgan fingerprint density at radius 2 is 1.59 bits per heavy atom. The summed E-state index contributed by atoms with van der Waals surface area (Å²) in [6.07, 6.45) is 1.76. The third-order valence-electron chi connectivity index (χ3n) is 2.77. The molecule has 0 saturated heterocycles. The highest BCUT2D eigenvalue weighted by Gasteiger charge is 2.42. The molecule has 0 saturated carbocycles. The molecule has 1 aromatic carbocycles. The predicted octanol–water partition coefficient (Wildman–Crippen LogP) is 1.32. The first-order valence-electron chi connectivity index (χ1n) is 5.27. The quantitative estimate of drug-likeness (QED) is 0.766. The lowest BCUT2D eigenvalue weighted by atomic mass is 10.2. The van der Waals surface area contributed by atoms with Gasteiger partial charge in [0.15, 0.2) is 0 Å². The average molecular weight is 249 g/mol. The van der Waals surface area contributed by atoms with Crippen molar-refractivity contribution in [2.45, 2.75) is 0 Å². The second-order valence-corrected chi connectivity index (χ2v) is 6.43. The van der Waals surface area contributed by atoms with Crippen LogP contribution in [0.2, 0.25) is 0 Å². The van der Waals surface area contributed by atoms with Gasteiger partial charge >= 0.3 is 8.80 Å². The van der Waals surface area contributed by atoms with Crippen LogP contribution in [0.5, 0.6) is 0 Å². The third-order valence-corrected chi connectivity index (χ3v) is 5.44. The summed E-state index contributed by atoms with van der Waals surface area (Å²) in [6.45, 7) is 0. The Hall–Kier alpha value is -1.27. The van der Waals surface area contributed by atoms with Crippen LogP contribution in [0.3, 0.4) is 0 Å². The molecule has 0 bridgehead atoms. The molecule has 0 N–H and O–H groups in total. The molecular formula is C12H15NO3Si. The van der Waals surface area contributed by atoms with Crippen LogP contribution in [0.4, 0.5) is 0 Å². The molecule has 1 aromatic heterocycles. The molecule has 1 heterocycles. The minimum Gasteiger partial charge on any atom is -0.373 e. The summed E-state index contributed by atoms with van der Waals surface area (Å²) in [4.78, 5) is 4.39. The zero-order valence-corrected chi connectivity index (χ0v) is 11.1. The Labute approximate surface area is 102 Å². The predicted molar refractivity (Wildman–Crippen MR) is 68.2 cm³/mol. The summed E-state index contributed by atoms with van der Waals surface area (Å²) in [5, 5.41) is 1.94. The Morgan fingerprint density at radius 1 is 0.941 bits per heavy atom. The smallest absolute Gasteiger partial charge is 0.373 e.